The van der Waals surface area contributed by atoms with Crippen molar-refractivity contribution in [3.05, 3.63) is 48.3 Å². The van der Waals surface area contributed by atoms with E-state index >= 15 is 0 Å². The van der Waals surface area contributed by atoms with Gasteiger partial charge in [-0.1, -0.05) is 17.3 Å². The van der Waals surface area contributed by atoms with Crippen molar-refractivity contribution in [2.75, 3.05) is 38.2 Å². The molecule has 1 saturated heterocycles. The van der Waals surface area contributed by atoms with Crippen LogP contribution in [0.15, 0.2) is 42.7 Å². The molecule has 1 aliphatic heterocycles. The van der Waals surface area contributed by atoms with E-state index < -0.39 is 0 Å². The molecule has 0 unspecified atom stereocenters. The summed E-state index contributed by atoms with van der Waals surface area (Å²) in [6, 6.07) is 10.6. The van der Waals surface area contributed by atoms with Crippen molar-refractivity contribution in [3.63, 3.8) is 0 Å². The Morgan fingerprint density at radius 2 is 2.17 bits per heavy atom. The third-order valence-corrected chi connectivity index (χ3v) is 5.78. The van der Waals surface area contributed by atoms with Gasteiger partial charge in [0, 0.05) is 37.3 Å². The molecule has 154 valence electrons. The summed E-state index contributed by atoms with van der Waals surface area (Å²) in [5, 5.41) is 18.7. The van der Waals surface area contributed by atoms with Crippen molar-refractivity contribution in [2.24, 2.45) is 0 Å². The van der Waals surface area contributed by atoms with Gasteiger partial charge in [-0.2, -0.15) is 0 Å². The number of anilines is 1. The fourth-order valence-corrected chi connectivity index (χ4v) is 4.05. The standard InChI is InChI=1S/C21H24N8O/c1-27(9-10-30)17-6-8-28(14-17)19-12-23-20-21(24-19)29(26-25-20)13-15-4-5-18-16(11-15)3-2-7-22-18/h2-5,7,11-12,17,30H,6,8-10,13-14H2,1H3/t17-/m1/s1. The Labute approximate surface area is 174 Å². The molecule has 4 heterocycles. The van der Waals surface area contributed by atoms with Gasteiger partial charge in [-0.15, -0.1) is 5.10 Å². The first-order valence-corrected chi connectivity index (χ1v) is 10.2. The van der Waals surface area contributed by atoms with Gasteiger partial charge < -0.3 is 10.0 Å². The Kier molecular flexibility index (Phi) is 4.97. The minimum Gasteiger partial charge on any atom is -0.395 e. The summed E-state index contributed by atoms with van der Waals surface area (Å²) < 4.78 is 1.80. The number of aliphatic hydroxyl groups excluding tert-OH is 1. The number of hydrogen-bond donors (Lipinski definition) is 1. The Balaban J connectivity index is 1.39. The molecule has 30 heavy (non-hydrogen) atoms. The lowest BCUT2D eigenvalue weighted by Crippen LogP contribution is -2.36. The quantitative estimate of drug-likeness (QED) is 0.514. The summed E-state index contributed by atoms with van der Waals surface area (Å²) in [5.41, 5.74) is 3.32. The molecule has 1 aliphatic rings. The molecule has 9 nitrogen and oxygen atoms in total. The fourth-order valence-electron chi connectivity index (χ4n) is 4.05. The van der Waals surface area contributed by atoms with Crippen LogP contribution in [0.1, 0.15) is 12.0 Å². The highest BCUT2D eigenvalue weighted by Gasteiger charge is 2.27. The molecule has 0 spiro atoms. The van der Waals surface area contributed by atoms with Gasteiger partial charge in [-0.25, -0.2) is 14.6 Å². The Bertz CT molecular complexity index is 1180. The highest BCUT2D eigenvalue weighted by atomic mass is 16.3. The second-order valence-electron chi connectivity index (χ2n) is 7.75. The lowest BCUT2D eigenvalue weighted by molar-refractivity contribution is 0.188. The average molecular weight is 404 g/mol. The zero-order valence-corrected chi connectivity index (χ0v) is 16.9. The Hall–Kier alpha value is -3.17. The predicted octanol–water partition coefficient (Wildman–Crippen LogP) is 1.32. The van der Waals surface area contributed by atoms with Gasteiger partial charge in [0.15, 0.2) is 5.65 Å². The van der Waals surface area contributed by atoms with Gasteiger partial charge in [0.2, 0.25) is 5.65 Å². The van der Waals surface area contributed by atoms with E-state index in [2.05, 4.69) is 55.3 Å². The summed E-state index contributed by atoms with van der Waals surface area (Å²) in [5.74, 6) is 0.841. The van der Waals surface area contributed by atoms with E-state index in [0.29, 0.717) is 30.4 Å². The molecule has 0 saturated carbocycles. The van der Waals surface area contributed by atoms with Crippen molar-refractivity contribution in [2.45, 2.75) is 19.0 Å². The van der Waals surface area contributed by atoms with Crippen LogP contribution in [0.2, 0.25) is 0 Å². The smallest absolute Gasteiger partial charge is 0.221 e. The molecule has 0 amide bonds. The van der Waals surface area contributed by atoms with Crippen molar-refractivity contribution in [1.29, 1.82) is 0 Å². The first-order chi connectivity index (χ1) is 14.7. The summed E-state index contributed by atoms with van der Waals surface area (Å²) in [6.07, 6.45) is 4.62. The van der Waals surface area contributed by atoms with Gasteiger partial charge in [-0.3, -0.25) is 9.88 Å². The predicted molar refractivity (Wildman–Crippen MR) is 114 cm³/mol. The highest BCUT2D eigenvalue weighted by Crippen LogP contribution is 2.22. The first kappa shape index (κ1) is 18.8. The largest absolute Gasteiger partial charge is 0.395 e. The molecular weight excluding hydrogens is 380 g/mol. The van der Waals surface area contributed by atoms with Crippen LogP contribution in [0.4, 0.5) is 5.82 Å². The molecule has 1 aromatic carbocycles. The van der Waals surface area contributed by atoms with E-state index in [0.717, 1.165) is 41.8 Å². The number of hydrogen-bond acceptors (Lipinski definition) is 8. The molecule has 1 fully saturated rings. The molecule has 0 bridgehead atoms. The number of likely N-dealkylation sites (N-methyl/N-ethyl adjacent to an activating group) is 1. The van der Waals surface area contributed by atoms with Gasteiger partial charge in [0.05, 0.1) is 24.9 Å². The zero-order chi connectivity index (χ0) is 20.5. The number of nitrogens with zero attached hydrogens (tertiary/aromatic N) is 8. The number of benzene rings is 1. The maximum atomic E-state index is 9.19. The zero-order valence-electron chi connectivity index (χ0n) is 16.9. The maximum absolute atomic E-state index is 9.19. The van der Waals surface area contributed by atoms with Crippen molar-refractivity contribution in [1.82, 2.24) is 34.8 Å². The molecule has 3 aromatic heterocycles. The van der Waals surface area contributed by atoms with E-state index in [1.165, 1.54) is 0 Å². The van der Waals surface area contributed by atoms with Crippen molar-refractivity contribution < 1.29 is 5.11 Å². The minimum absolute atomic E-state index is 0.175. The van der Waals surface area contributed by atoms with Gasteiger partial charge in [-0.05, 0) is 37.2 Å². The van der Waals surface area contributed by atoms with E-state index in [4.69, 9.17) is 4.98 Å². The van der Waals surface area contributed by atoms with Crippen LogP contribution in [-0.2, 0) is 6.54 Å². The van der Waals surface area contributed by atoms with Gasteiger partial charge in [0.1, 0.15) is 5.82 Å². The second-order valence-corrected chi connectivity index (χ2v) is 7.75. The van der Waals surface area contributed by atoms with Crippen molar-refractivity contribution in [3.8, 4) is 0 Å². The normalized spacial score (nSPS) is 16.9. The average Bonchev–Trinajstić information content (AvgIpc) is 3.41. The van der Waals surface area contributed by atoms with Crippen LogP contribution >= 0.6 is 0 Å². The topological polar surface area (TPSA) is 96.1 Å². The van der Waals surface area contributed by atoms with Crippen LogP contribution in [-0.4, -0.2) is 79.3 Å². The molecule has 9 heteroatoms. The third kappa shape index (κ3) is 3.57. The molecule has 4 aromatic rings. The molecule has 5 rings (SSSR count). The van der Waals surface area contributed by atoms with Crippen LogP contribution in [0, 0.1) is 0 Å². The van der Waals surface area contributed by atoms with Gasteiger partial charge >= 0.3 is 0 Å². The molecule has 1 N–H and O–H groups in total. The van der Waals surface area contributed by atoms with E-state index in [-0.39, 0.29) is 6.61 Å². The SMILES string of the molecule is CN(CCO)[C@@H]1CCN(c2cnc3nnn(Cc4ccc5ncccc5c4)c3n2)C1. The second kappa shape index (κ2) is 7.92. The molecule has 1 atom stereocenters. The number of aliphatic hydroxyl groups is 1. The van der Waals surface area contributed by atoms with Crippen LogP contribution < -0.4 is 4.90 Å². The Morgan fingerprint density at radius 1 is 1.23 bits per heavy atom. The third-order valence-electron chi connectivity index (χ3n) is 5.78. The van der Waals surface area contributed by atoms with Crippen LogP contribution in [0.3, 0.4) is 0 Å². The number of pyridine rings is 1. The Morgan fingerprint density at radius 3 is 3.07 bits per heavy atom. The number of aromatic nitrogens is 6. The summed E-state index contributed by atoms with van der Waals surface area (Å²) in [4.78, 5) is 18.1. The van der Waals surface area contributed by atoms with Crippen LogP contribution in [0.25, 0.3) is 22.2 Å². The number of fused-ring (bicyclic) bond motifs is 2. The number of rotatable bonds is 6. The monoisotopic (exact) mass is 404 g/mol. The van der Waals surface area contributed by atoms with Gasteiger partial charge in [0.25, 0.3) is 0 Å². The fraction of sp³-hybridized carbons (Fsp3) is 0.381. The molecule has 0 radical (unpaired) electrons. The highest BCUT2D eigenvalue weighted by molar-refractivity contribution is 5.79. The van der Waals surface area contributed by atoms with Crippen LogP contribution in [0.5, 0.6) is 0 Å². The molecular formula is C21H24N8O. The summed E-state index contributed by atoms with van der Waals surface area (Å²) in [6.45, 7) is 3.22. The summed E-state index contributed by atoms with van der Waals surface area (Å²) >= 11 is 0. The van der Waals surface area contributed by atoms with Crippen molar-refractivity contribution >= 4 is 28.0 Å². The lowest BCUT2D eigenvalue weighted by Gasteiger charge is -2.23. The van der Waals surface area contributed by atoms with E-state index in [1.807, 2.05) is 12.1 Å². The lowest BCUT2D eigenvalue weighted by atomic mass is 10.1. The maximum Gasteiger partial charge on any atom is 0.221 e. The van der Waals surface area contributed by atoms with E-state index in [1.54, 1.807) is 17.1 Å². The minimum atomic E-state index is 0.175. The first-order valence-electron chi connectivity index (χ1n) is 10.2. The summed E-state index contributed by atoms with van der Waals surface area (Å²) in [7, 11) is 2.05. The molecule has 0 aliphatic carbocycles. The van der Waals surface area contributed by atoms with E-state index in [9.17, 15) is 5.11 Å².